The van der Waals surface area contributed by atoms with E-state index in [0.29, 0.717) is 37.9 Å². The predicted octanol–water partition coefficient (Wildman–Crippen LogP) is 2.07. The Morgan fingerprint density at radius 1 is 1.50 bits per heavy atom. The second kappa shape index (κ2) is 7.55. The van der Waals surface area contributed by atoms with E-state index in [2.05, 4.69) is 16.9 Å². The Labute approximate surface area is 108 Å². The number of hydrogen-bond donors (Lipinski definition) is 2. The van der Waals surface area contributed by atoms with Gasteiger partial charge in [-0.2, -0.15) is 4.98 Å². The summed E-state index contributed by atoms with van der Waals surface area (Å²) in [5.41, 5.74) is 7.29. The summed E-state index contributed by atoms with van der Waals surface area (Å²) in [6.07, 6.45) is 0. The summed E-state index contributed by atoms with van der Waals surface area (Å²) in [5, 5.41) is 3.14. The molecule has 0 atom stereocenters. The number of hydrogen-bond acceptors (Lipinski definition) is 5. The zero-order valence-corrected chi connectivity index (χ0v) is 11.0. The van der Waals surface area contributed by atoms with E-state index in [-0.39, 0.29) is 0 Å². The molecule has 0 aliphatic heterocycles. The monoisotopic (exact) mass is 251 g/mol. The van der Waals surface area contributed by atoms with Crippen molar-refractivity contribution in [2.45, 2.75) is 13.8 Å². The zero-order chi connectivity index (χ0) is 13.4. The van der Waals surface area contributed by atoms with Crippen LogP contribution in [-0.4, -0.2) is 31.3 Å². The molecule has 0 aromatic carbocycles. The molecule has 5 heteroatoms. The first-order valence-electron chi connectivity index (χ1n) is 5.98. The van der Waals surface area contributed by atoms with E-state index in [1.807, 2.05) is 19.9 Å². The third-order valence-corrected chi connectivity index (χ3v) is 2.07. The maximum absolute atomic E-state index is 5.74. The second-order valence-electron chi connectivity index (χ2n) is 3.96. The molecule has 0 spiro atoms. The lowest BCUT2D eigenvalue weighted by Crippen LogP contribution is -2.11. The highest BCUT2D eigenvalue weighted by atomic mass is 16.5. The number of aromatic nitrogens is 1. The molecule has 1 rings (SSSR count). The molecule has 100 valence electrons. The van der Waals surface area contributed by atoms with Crippen molar-refractivity contribution >= 4 is 11.5 Å². The fourth-order valence-corrected chi connectivity index (χ4v) is 1.30. The van der Waals surface area contributed by atoms with Crippen LogP contribution < -0.4 is 15.8 Å². The van der Waals surface area contributed by atoms with Crippen LogP contribution in [0.3, 0.4) is 0 Å². The molecule has 18 heavy (non-hydrogen) atoms. The molecule has 0 amide bonds. The lowest BCUT2D eigenvalue weighted by Gasteiger charge is -2.10. The van der Waals surface area contributed by atoms with Crippen LogP contribution in [0.4, 0.5) is 11.5 Å². The third-order valence-electron chi connectivity index (χ3n) is 2.07. The minimum Gasteiger partial charge on any atom is -0.476 e. The molecule has 0 saturated carbocycles. The van der Waals surface area contributed by atoms with E-state index in [0.717, 1.165) is 11.4 Å². The Balaban J connectivity index is 2.38. The number of rotatable bonds is 8. The van der Waals surface area contributed by atoms with Crippen LogP contribution >= 0.6 is 0 Å². The molecule has 5 nitrogen and oxygen atoms in total. The zero-order valence-electron chi connectivity index (χ0n) is 11.0. The number of anilines is 2. The summed E-state index contributed by atoms with van der Waals surface area (Å²) in [6.45, 7) is 10.00. The standard InChI is InChI=1S/C13H21N3O2/c1-4-18-13-11(14)5-6-12(16-13)15-7-8-17-9-10(2)3/h5-6H,2,4,7-9,14H2,1,3H3,(H,15,16). The largest absolute Gasteiger partial charge is 0.476 e. The van der Waals surface area contributed by atoms with Crippen molar-refractivity contribution in [3.63, 3.8) is 0 Å². The quantitative estimate of drug-likeness (QED) is 0.547. The van der Waals surface area contributed by atoms with Crippen molar-refractivity contribution in [2.24, 2.45) is 0 Å². The molecule has 1 aromatic heterocycles. The first-order chi connectivity index (χ1) is 8.63. The summed E-state index contributed by atoms with van der Waals surface area (Å²) >= 11 is 0. The number of nitrogen functional groups attached to an aromatic ring is 1. The van der Waals surface area contributed by atoms with E-state index in [4.69, 9.17) is 15.2 Å². The molecule has 1 heterocycles. The van der Waals surface area contributed by atoms with E-state index < -0.39 is 0 Å². The Morgan fingerprint density at radius 2 is 2.28 bits per heavy atom. The molecular weight excluding hydrogens is 230 g/mol. The maximum Gasteiger partial charge on any atom is 0.239 e. The topological polar surface area (TPSA) is 69.4 Å². The van der Waals surface area contributed by atoms with Gasteiger partial charge < -0.3 is 20.5 Å². The molecular formula is C13H21N3O2. The molecule has 0 aliphatic carbocycles. The van der Waals surface area contributed by atoms with E-state index in [1.165, 1.54) is 0 Å². The average Bonchev–Trinajstić information content (AvgIpc) is 2.32. The van der Waals surface area contributed by atoms with Gasteiger partial charge in [0.1, 0.15) is 5.82 Å². The molecule has 0 aliphatic rings. The van der Waals surface area contributed by atoms with Gasteiger partial charge in [-0.1, -0.05) is 12.2 Å². The van der Waals surface area contributed by atoms with Crippen molar-refractivity contribution < 1.29 is 9.47 Å². The summed E-state index contributed by atoms with van der Waals surface area (Å²) in [6, 6.07) is 3.59. The molecule has 0 unspecified atom stereocenters. The lowest BCUT2D eigenvalue weighted by molar-refractivity contribution is 0.167. The van der Waals surface area contributed by atoms with E-state index in [9.17, 15) is 0 Å². The average molecular weight is 251 g/mol. The van der Waals surface area contributed by atoms with Crippen LogP contribution in [0.15, 0.2) is 24.3 Å². The van der Waals surface area contributed by atoms with Crippen molar-refractivity contribution in [2.75, 3.05) is 37.4 Å². The third kappa shape index (κ3) is 5.05. The number of pyridine rings is 1. The van der Waals surface area contributed by atoms with Crippen LogP contribution in [-0.2, 0) is 4.74 Å². The Bertz CT molecular complexity index is 394. The molecule has 1 aromatic rings. The van der Waals surface area contributed by atoms with Gasteiger partial charge in [-0.15, -0.1) is 0 Å². The number of nitrogens with two attached hydrogens (primary N) is 1. The van der Waals surface area contributed by atoms with Crippen molar-refractivity contribution in [1.29, 1.82) is 0 Å². The van der Waals surface area contributed by atoms with Gasteiger partial charge in [0.2, 0.25) is 5.88 Å². The number of nitrogens with one attached hydrogen (secondary N) is 1. The fraction of sp³-hybridized carbons (Fsp3) is 0.462. The Morgan fingerprint density at radius 3 is 2.94 bits per heavy atom. The minimum absolute atomic E-state index is 0.463. The van der Waals surface area contributed by atoms with E-state index in [1.54, 1.807) is 6.07 Å². The summed E-state index contributed by atoms with van der Waals surface area (Å²) in [4.78, 5) is 4.26. The second-order valence-corrected chi connectivity index (χ2v) is 3.96. The molecule has 0 bridgehead atoms. The maximum atomic E-state index is 5.74. The Kier molecular flexibility index (Phi) is 6.00. The van der Waals surface area contributed by atoms with Gasteiger partial charge in [-0.05, 0) is 26.0 Å². The van der Waals surface area contributed by atoms with Gasteiger partial charge in [0.05, 0.1) is 25.5 Å². The van der Waals surface area contributed by atoms with Crippen LogP contribution in [0.2, 0.25) is 0 Å². The van der Waals surface area contributed by atoms with Crippen molar-refractivity contribution in [1.82, 2.24) is 4.98 Å². The molecule has 0 saturated heterocycles. The highest BCUT2D eigenvalue weighted by Crippen LogP contribution is 2.20. The first kappa shape index (κ1) is 14.3. The first-order valence-corrected chi connectivity index (χ1v) is 5.98. The van der Waals surface area contributed by atoms with E-state index >= 15 is 0 Å². The molecule has 0 radical (unpaired) electrons. The summed E-state index contributed by atoms with van der Waals surface area (Å²) in [7, 11) is 0. The van der Waals surface area contributed by atoms with Crippen LogP contribution in [0, 0.1) is 0 Å². The Hall–Kier alpha value is -1.75. The smallest absolute Gasteiger partial charge is 0.239 e. The van der Waals surface area contributed by atoms with Crippen LogP contribution in [0.25, 0.3) is 0 Å². The van der Waals surface area contributed by atoms with Gasteiger partial charge in [0.15, 0.2) is 0 Å². The minimum atomic E-state index is 0.463. The predicted molar refractivity (Wildman–Crippen MR) is 73.9 cm³/mol. The fourth-order valence-electron chi connectivity index (χ4n) is 1.30. The van der Waals surface area contributed by atoms with Crippen LogP contribution in [0.5, 0.6) is 5.88 Å². The van der Waals surface area contributed by atoms with Gasteiger partial charge in [0.25, 0.3) is 0 Å². The van der Waals surface area contributed by atoms with Gasteiger partial charge in [-0.3, -0.25) is 0 Å². The highest BCUT2D eigenvalue weighted by molar-refractivity contribution is 5.53. The van der Waals surface area contributed by atoms with Crippen LogP contribution in [0.1, 0.15) is 13.8 Å². The van der Waals surface area contributed by atoms with Gasteiger partial charge >= 0.3 is 0 Å². The highest BCUT2D eigenvalue weighted by Gasteiger charge is 2.03. The lowest BCUT2D eigenvalue weighted by atomic mass is 10.4. The summed E-state index contributed by atoms with van der Waals surface area (Å²) in [5.74, 6) is 1.19. The molecule has 0 fully saturated rings. The number of ether oxygens (including phenoxy) is 2. The summed E-state index contributed by atoms with van der Waals surface area (Å²) < 4.78 is 10.7. The van der Waals surface area contributed by atoms with Crippen molar-refractivity contribution in [3.8, 4) is 5.88 Å². The SMILES string of the molecule is C=C(C)COCCNc1ccc(N)c(OCC)n1. The van der Waals surface area contributed by atoms with Crippen molar-refractivity contribution in [3.05, 3.63) is 24.3 Å². The molecule has 3 N–H and O–H groups in total. The van der Waals surface area contributed by atoms with Gasteiger partial charge in [-0.25, -0.2) is 0 Å². The number of nitrogens with zero attached hydrogens (tertiary/aromatic N) is 1. The van der Waals surface area contributed by atoms with Gasteiger partial charge in [0, 0.05) is 6.54 Å². The normalized spacial score (nSPS) is 10.1.